The van der Waals surface area contributed by atoms with Crippen molar-refractivity contribution in [3.63, 3.8) is 0 Å². The number of imide groups is 1. The Balaban J connectivity index is 1.63. The minimum atomic E-state index is -0.278. The Hall–Kier alpha value is -2.28. The lowest BCUT2D eigenvalue weighted by Crippen LogP contribution is -2.34. The molecule has 0 saturated carbocycles. The Bertz CT molecular complexity index is 633. The summed E-state index contributed by atoms with van der Waals surface area (Å²) < 4.78 is 10.8. The first kappa shape index (κ1) is 17.5. The molecule has 0 unspecified atom stereocenters. The second-order valence-electron chi connectivity index (χ2n) is 6.36. The van der Waals surface area contributed by atoms with Crippen LogP contribution in [0.15, 0.2) is 18.2 Å². The third-order valence-electron chi connectivity index (χ3n) is 4.93. The number of methoxy groups -OCH3 is 2. The molecular weight excluding hydrogens is 322 g/mol. The summed E-state index contributed by atoms with van der Waals surface area (Å²) >= 11 is 0. The first-order chi connectivity index (χ1) is 12.1. The summed E-state index contributed by atoms with van der Waals surface area (Å²) in [7, 11) is 3.32. The summed E-state index contributed by atoms with van der Waals surface area (Å²) in [5.74, 6) is 1.48. The van der Waals surface area contributed by atoms with Gasteiger partial charge in [-0.3, -0.25) is 14.6 Å². The number of ether oxygens (including phenoxy) is 2. The third kappa shape index (κ3) is 3.71. The summed E-state index contributed by atoms with van der Waals surface area (Å²) in [6.07, 6.45) is 2.98. The molecule has 2 heterocycles. The molecule has 7 heteroatoms. The molecule has 1 aromatic rings. The van der Waals surface area contributed by atoms with Gasteiger partial charge in [-0.05, 0) is 31.9 Å². The molecule has 2 aliphatic heterocycles. The molecule has 2 fully saturated rings. The number of carbonyl (C=O) groups is 2. The van der Waals surface area contributed by atoms with E-state index in [0.29, 0.717) is 12.6 Å². The van der Waals surface area contributed by atoms with Gasteiger partial charge in [-0.2, -0.15) is 0 Å². The topological polar surface area (TPSA) is 71.1 Å². The number of rotatable bonds is 7. The summed E-state index contributed by atoms with van der Waals surface area (Å²) in [5, 5.41) is 2.55. The largest absolute Gasteiger partial charge is 0.497 e. The van der Waals surface area contributed by atoms with Crippen LogP contribution in [0.3, 0.4) is 0 Å². The van der Waals surface area contributed by atoms with E-state index in [-0.39, 0.29) is 18.5 Å². The molecule has 2 saturated heterocycles. The van der Waals surface area contributed by atoms with Crippen molar-refractivity contribution in [3.8, 4) is 11.5 Å². The minimum Gasteiger partial charge on any atom is -0.497 e. The van der Waals surface area contributed by atoms with Gasteiger partial charge in [0, 0.05) is 30.8 Å². The summed E-state index contributed by atoms with van der Waals surface area (Å²) in [6, 6.07) is 5.96. The first-order valence-electron chi connectivity index (χ1n) is 8.68. The number of hydrogen-bond donors (Lipinski definition) is 1. The average molecular weight is 347 g/mol. The zero-order valence-corrected chi connectivity index (χ0v) is 14.8. The quantitative estimate of drug-likeness (QED) is 0.762. The molecule has 0 bridgehead atoms. The molecule has 2 aliphatic rings. The van der Waals surface area contributed by atoms with Crippen molar-refractivity contribution in [2.24, 2.45) is 0 Å². The van der Waals surface area contributed by atoms with Crippen LogP contribution in [0, 0.1) is 0 Å². The number of nitrogens with one attached hydrogen (secondary N) is 1. The number of carbonyl (C=O) groups excluding carboxylic acids is 2. The zero-order chi connectivity index (χ0) is 17.8. The highest BCUT2D eigenvalue weighted by molar-refractivity contribution is 6.01. The Kier molecular flexibility index (Phi) is 5.43. The van der Waals surface area contributed by atoms with Gasteiger partial charge in [0.25, 0.3) is 0 Å². The van der Waals surface area contributed by atoms with Crippen LogP contribution in [0.2, 0.25) is 0 Å². The molecule has 0 aliphatic carbocycles. The average Bonchev–Trinajstić information content (AvgIpc) is 3.22. The molecule has 1 N–H and O–H groups in total. The molecular formula is C18H25N3O4. The van der Waals surface area contributed by atoms with E-state index in [9.17, 15) is 9.59 Å². The molecule has 0 radical (unpaired) electrons. The maximum Gasteiger partial charge on any atom is 0.324 e. The number of hydrogen-bond acceptors (Lipinski definition) is 5. The maximum absolute atomic E-state index is 11.6. The number of benzene rings is 1. The minimum absolute atomic E-state index is 0.119. The van der Waals surface area contributed by atoms with Crippen molar-refractivity contribution in [3.05, 3.63) is 23.8 Å². The van der Waals surface area contributed by atoms with Crippen molar-refractivity contribution in [1.82, 2.24) is 15.1 Å². The van der Waals surface area contributed by atoms with Gasteiger partial charge in [0.1, 0.15) is 11.5 Å². The summed E-state index contributed by atoms with van der Waals surface area (Å²) in [5.41, 5.74) is 1.16. The molecule has 7 nitrogen and oxygen atoms in total. The van der Waals surface area contributed by atoms with Crippen LogP contribution in [0.5, 0.6) is 11.5 Å². The summed E-state index contributed by atoms with van der Waals surface area (Å²) in [4.78, 5) is 26.9. The van der Waals surface area contributed by atoms with Crippen LogP contribution in [0.25, 0.3) is 0 Å². The van der Waals surface area contributed by atoms with E-state index < -0.39 is 0 Å². The van der Waals surface area contributed by atoms with E-state index in [1.165, 1.54) is 4.90 Å². The second kappa shape index (κ2) is 7.74. The molecule has 0 spiro atoms. The van der Waals surface area contributed by atoms with Gasteiger partial charge in [-0.15, -0.1) is 0 Å². The highest BCUT2D eigenvalue weighted by atomic mass is 16.5. The molecule has 3 amide bonds. The van der Waals surface area contributed by atoms with Gasteiger partial charge in [-0.25, -0.2) is 4.79 Å². The van der Waals surface area contributed by atoms with Gasteiger partial charge in [0.15, 0.2) is 0 Å². The molecule has 0 aromatic heterocycles. The van der Waals surface area contributed by atoms with Crippen LogP contribution in [-0.4, -0.2) is 62.1 Å². The van der Waals surface area contributed by atoms with Gasteiger partial charge in [0.05, 0.1) is 20.8 Å². The normalized spacial score (nSPS) is 20.9. The van der Waals surface area contributed by atoms with Crippen molar-refractivity contribution >= 4 is 11.9 Å². The monoisotopic (exact) mass is 347 g/mol. The van der Waals surface area contributed by atoms with E-state index in [2.05, 4.69) is 16.3 Å². The Morgan fingerprint density at radius 1 is 1.20 bits per heavy atom. The lowest BCUT2D eigenvalue weighted by atomic mass is 10.0. The Morgan fingerprint density at radius 2 is 2.04 bits per heavy atom. The van der Waals surface area contributed by atoms with Crippen molar-refractivity contribution in [2.75, 3.05) is 40.4 Å². The van der Waals surface area contributed by atoms with E-state index in [0.717, 1.165) is 49.4 Å². The Labute approximate surface area is 147 Å². The van der Waals surface area contributed by atoms with Gasteiger partial charge >= 0.3 is 6.03 Å². The predicted octanol–water partition coefficient (Wildman–Crippen LogP) is 1.78. The fourth-order valence-corrected chi connectivity index (χ4v) is 3.65. The van der Waals surface area contributed by atoms with Crippen LogP contribution in [0.1, 0.15) is 30.9 Å². The van der Waals surface area contributed by atoms with E-state index in [1.807, 2.05) is 12.1 Å². The van der Waals surface area contributed by atoms with Gasteiger partial charge in [-0.1, -0.05) is 6.07 Å². The lowest BCUT2D eigenvalue weighted by molar-refractivity contribution is -0.125. The molecule has 25 heavy (non-hydrogen) atoms. The molecule has 1 atom stereocenters. The SMILES string of the molecule is COc1ccc([C@@H]2CCCN2CCCN2C(=O)CNC2=O)c(OC)c1. The predicted molar refractivity (Wildman–Crippen MR) is 92.8 cm³/mol. The number of likely N-dealkylation sites (tertiary alicyclic amines) is 1. The van der Waals surface area contributed by atoms with Gasteiger partial charge < -0.3 is 14.8 Å². The highest BCUT2D eigenvalue weighted by Gasteiger charge is 2.30. The van der Waals surface area contributed by atoms with Crippen LogP contribution < -0.4 is 14.8 Å². The standard InChI is InChI=1S/C18H25N3O4/c1-24-13-6-7-14(16(11-13)25-2)15-5-3-8-20(15)9-4-10-21-17(22)12-19-18(21)23/h6-7,11,15H,3-5,8-10,12H2,1-2H3,(H,19,23)/t15-/m0/s1. The highest BCUT2D eigenvalue weighted by Crippen LogP contribution is 2.38. The second-order valence-corrected chi connectivity index (χ2v) is 6.36. The summed E-state index contributed by atoms with van der Waals surface area (Å²) in [6.45, 7) is 2.44. The van der Waals surface area contributed by atoms with Crippen LogP contribution in [0.4, 0.5) is 4.79 Å². The van der Waals surface area contributed by atoms with Crippen LogP contribution in [-0.2, 0) is 4.79 Å². The van der Waals surface area contributed by atoms with Crippen molar-refractivity contribution < 1.29 is 19.1 Å². The smallest absolute Gasteiger partial charge is 0.324 e. The molecule has 1 aromatic carbocycles. The fraction of sp³-hybridized carbons (Fsp3) is 0.556. The molecule has 3 rings (SSSR count). The number of amides is 3. The van der Waals surface area contributed by atoms with Gasteiger partial charge in [0.2, 0.25) is 5.91 Å². The lowest BCUT2D eigenvalue weighted by Gasteiger charge is -2.27. The van der Waals surface area contributed by atoms with Crippen molar-refractivity contribution in [1.29, 1.82) is 0 Å². The molecule has 136 valence electrons. The fourth-order valence-electron chi connectivity index (χ4n) is 3.65. The van der Waals surface area contributed by atoms with Crippen LogP contribution >= 0.6 is 0 Å². The van der Waals surface area contributed by atoms with E-state index in [1.54, 1.807) is 14.2 Å². The third-order valence-corrected chi connectivity index (χ3v) is 4.93. The van der Waals surface area contributed by atoms with E-state index >= 15 is 0 Å². The number of urea groups is 1. The van der Waals surface area contributed by atoms with Crippen molar-refractivity contribution in [2.45, 2.75) is 25.3 Å². The zero-order valence-electron chi connectivity index (χ0n) is 14.8. The Morgan fingerprint density at radius 3 is 2.72 bits per heavy atom. The number of nitrogens with zero attached hydrogens (tertiary/aromatic N) is 2. The van der Waals surface area contributed by atoms with E-state index in [4.69, 9.17) is 9.47 Å². The first-order valence-corrected chi connectivity index (χ1v) is 8.68. The maximum atomic E-state index is 11.6.